The molecule has 0 aliphatic heterocycles. The number of hydrogen-bond acceptors (Lipinski definition) is 1. The minimum Gasteiger partial charge on any atom is -0.313 e. The number of halogens is 4. The van der Waals surface area contributed by atoms with Crippen LogP contribution in [-0.2, 0) is 6.42 Å². The lowest BCUT2D eigenvalue weighted by atomic mass is 9.98. The maximum absolute atomic E-state index is 13.7. The van der Waals surface area contributed by atoms with Crippen molar-refractivity contribution < 1.29 is 13.2 Å². The number of nitrogens with one attached hydrogen (secondary N) is 1. The average molecular weight is 300 g/mol. The standard InChI is InChI=1S/C15H13ClF3N/c1-20-15(12-4-2-11(18)8-13(12)16)7-9-6-10(17)3-5-14(9)19/h2-6,8,15,20H,7H2,1H3. The van der Waals surface area contributed by atoms with E-state index in [9.17, 15) is 13.2 Å². The highest BCUT2D eigenvalue weighted by Gasteiger charge is 2.16. The Hall–Kier alpha value is -1.52. The van der Waals surface area contributed by atoms with Gasteiger partial charge in [0.1, 0.15) is 17.5 Å². The molecular weight excluding hydrogens is 287 g/mol. The highest BCUT2D eigenvalue weighted by molar-refractivity contribution is 6.31. The second-order valence-electron chi connectivity index (χ2n) is 4.45. The van der Waals surface area contributed by atoms with Crippen LogP contribution in [0.25, 0.3) is 0 Å². The van der Waals surface area contributed by atoms with Crippen LogP contribution in [0.1, 0.15) is 17.2 Å². The van der Waals surface area contributed by atoms with Crippen molar-refractivity contribution in [3.8, 4) is 0 Å². The van der Waals surface area contributed by atoms with Crippen LogP contribution >= 0.6 is 11.6 Å². The van der Waals surface area contributed by atoms with Gasteiger partial charge in [0.05, 0.1) is 0 Å². The number of hydrogen-bond donors (Lipinski definition) is 1. The Balaban J connectivity index is 2.31. The fraction of sp³-hybridized carbons (Fsp3) is 0.200. The molecule has 0 amide bonds. The van der Waals surface area contributed by atoms with Gasteiger partial charge in [0.15, 0.2) is 0 Å². The molecule has 1 unspecified atom stereocenters. The lowest BCUT2D eigenvalue weighted by molar-refractivity contribution is 0.542. The van der Waals surface area contributed by atoms with E-state index in [0.29, 0.717) is 5.56 Å². The van der Waals surface area contributed by atoms with Gasteiger partial charge in [-0.1, -0.05) is 17.7 Å². The van der Waals surface area contributed by atoms with Gasteiger partial charge in [-0.15, -0.1) is 0 Å². The fourth-order valence-corrected chi connectivity index (χ4v) is 2.37. The summed E-state index contributed by atoms with van der Waals surface area (Å²) in [6.07, 6.45) is 0.214. The smallest absolute Gasteiger partial charge is 0.126 e. The van der Waals surface area contributed by atoms with E-state index in [1.165, 1.54) is 18.2 Å². The van der Waals surface area contributed by atoms with E-state index >= 15 is 0 Å². The molecule has 1 N–H and O–H groups in total. The molecule has 0 aliphatic rings. The molecular formula is C15H13ClF3N. The van der Waals surface area contributed by atoms with E-state index in [4.69, 9.17) is 11.6 Å². The van der Waals surface area contributed by atoms with Crippen molar-refractivity contribution in [2.75, 3.05) is 7.05 Å². The van der Waals surface area contributed by atoms with E-state index < -0.39 is 17.5 Å². The molecule has 0 bridgehead atoms. The zero-order valence-electron chi connectivity index (χ0n) is 10.8. The third kappa shape index (κ3) is 3.32. The van der Waals surface area contributed by atoms with Crippen LogP contribution in [0.2, 0.25) is 5.02 Å². The summed E-state index contributed by atoms with van der Waals surface area (Å²) in [6, 6.07) is 6.99. The SMILES string of the molecule is CNC(Cc1cc(F)ccc1F)c1ccc(F)cc1Cl. The Morgan fingerprint density at radius 2 is 1.70 bits per heavy atom. The highest BCUT2D eigenvalue weighted by Crippen LogP contribution is 2.27. The van der Waals surface area contributed by atoms with Crippen molar-refractivity contribution in [2.45, 2.75) is 12.5 Å². The van der Waals surface area contributed by atoms with Gasteiger partial charge in [0.2, 0.25) is 0 Å². The molecule has 106 valence electrons. The molecule has 0 aliphatic carbocycles. The second-order valence-corrected chi connectivity index (χ2v) is 4.85. The molecule has 0 saturated carbocycles. The first-order valence-electron chi connectivity index (χ1n) is 6.07. The maximum atomic E-state index is 13.7. The highest BCUT2D eigenvalue weighted by atomic mass is 35.5. The van der Waals surface area contributed by atoms with Gasteiger partial charge in [-0.2, -0.15) is 0 Å². The molecule has 1 nitrogen and oxygen atoms in total. The molecule has 0 fully saturated rings. The van der Waals surface area contributed by atoms with Gasteiger partial charge in [0.25, 0.3) is 0 Å². The molecule has 2 aromatic rings. The first kappa shape index (κ1) is 14.9. The summed E-state index contributed by atoms with van der Waals surface area (Å²) in [4.78, 5) is 0. The first-order valence-corrected chi connectivity index (χ1v) is 6.45. The largest absolute Gasteiger partial charge is 0.313 e. The lowest BCUT2D eigenvalue weighted by Gasteiger charge is -2.18. The average Bonchev–Trinajstić information content (AvgIpc) is 2.40. The van der Waals surface area contributed by atoms with Crippen LogP contribution in [0, 0.1) is 17.5 Å². The van der Waals surface area contributed by atoms with Crippen LogP contribution < -0.4 is 5.32 Å². The first-order chi connectivity index (χ1) is 9.51. The third-order valence-corrected chi connectivity index (χ3v) is 3.45. The quantitative estimate of drug-likeness (QED) is 0.889. The van der Waals surface area contributed by atoms with Crippen molar-refractivity contribution in [3.05, 3.63) is 70.0 Å². The Morgan fingerprint density at radius 1 is 1.05 bits per heavy atom. The van der Waals surface area contributed by atoms with Crippen molar-refractivity contribution in [1.82, 2.24) is 5.32 Å². The summed E-state index contributed by atoms with van der Waals surface area (Å²) < 4.78 is 39.9. The number of benzene rings is 2. The van der Waals surface area contributed by atoms with Gasteiger partial charge < -0.3 is 5.32 Å². The van der Waals surface area contributed by atoms with E-state index in [1.54, 1.807) is 7.05 Å². The molecule has 0 spiro atoms. The van der Waals surface area contributed by atoms with Crippen LogP contribution in [-0.4, -0.2) is 7.05 Å². The number of rotatable bonds is 4. The van der Waals surface area contributed by atoms with E-state index in [0.717, 1.165) is 18.2 Å². The van der Waals surface area contributed by atoms with Gasteiger partial charge in [-0.3, -0.25) is 0 Å². The van der Waals surface area contributed by atoms with Gasteiger partial charge >= 0.3 is 0 Å². The lowest BCUT2D eigenvalue weighted by Crippen LogP contribution is -2.20. The minimum atomic E-state index is -0.499. The zero-order chi connectivity index (χ0) is 14.7. The molecule has 5 heteroatoms. The summed E-state index contributed by atoms with van der Waals surface area (Å²) in [5.41, 5.74) is 0.879. The van der Waals surface area contributed by atoms with E-state index in [2.05, 4.69) is 5.32 Å². The van der Waals surface area contributed by atoms with Crippen molar-refractivity contribution >= 4 is 11.6 Å². The molecule has 1 atom stereocenters. The summed E-state index contributed by atoms with van der Waals surface area (Å²) in [5.74, 6) is -1.42. The van der Waals surface area contributed by atoms with Crippen LogP contribution in [0.3, 0.4) is 0 Å². The topological polar surface area (TPSA) is 12.0 Å². The Kier molecular flexibility index (Phi) is 4.68. The molecule has 0 heterocycles. The van der Waals surface area contributed by atoms with E-state index in [1.807, 2.05) is 0 Å². The predicted octanol–water partition coefficient (Wildman–Crippen LogP) is 4.26. The fourth-order valence-electron chi connectivity index (χ4n) is 2.07. The molecule has 2 aromatic carbocycles. The maximum Gasteiger partial charge on any atom is 0.126 e. The zero-order valence-corrected chi connectivity index (χ0v) is 11.5. The molecule has 0 aromatic heterocycles. The Morgan fingerprint density at radius 3 is 2.35 bits per heavy atom. The van der Waals surface area contributed by atoms with Crippen molar-refractivity contribution in [3.63, 3.8) is 0 Å². The second kappa shape index (κ2) is 6.29. The Bertz CT molecular complexity index is 616. The third-order valence-electron chi connectivity index (χ3n) is 3.12. The molecule has 20 heavy (non-hydrogen) atoms. The monoisotopic (exact) mass is 299 g/mol. The van der Waals surface area contributed by atoms with Crippen LogP contribution in [0.5, 0.6) is 0 Å². The normalized spacial score (nSPS) is 12.4. The van der Waals surface area contributed by atoms with Crippen LogP contribution in [0.4, 0.5) is 13.2 Å². The summed E-state index contributed by atoms with van der Waals surface area (Å²) in [7, 11) is 1.68. The minimum absolute atomic E-state index is 0.214. The van der Waals surface area contributed by atoms with Crippen molar-refractivity contribution in [1.29, 1.82) is 0 Å². The molecule has 0 radical (unpaired) electrons. The predicted molar refractivity (Wildman–Crippen MR) is 73.3 cm³/mol. The Labute approximate surface area is 120 Å². The number of likely N-dealkylation sites (N-methyl/N-ethyl adjacent to an activating group) is 1. The summed E-state index contributed by atoms with van der Waals surface area (Å²) in [5, 5.41) is 3.23. The van der Waals surface area contributed by atoms with Gasteiger partial charge in [0, 0.05) is 11.1 Å². The van der Waals surface area contributed by atoms with Gasteiger partial charge in [-0.05, 0) is 54.9 Å². The molecule has 2 rings (SSSR count). The van der Waals surface area contributed by atoms with Crippen LogP contribution in [0.15, 0.2) is 36.4 Å². The summed E-state index contributed by atoms with van der Waals surface area (Å²) >= 11 is 5.99. The van der Waals surface area contributed by atoms with Crippen molar-refractivity contribution in [2.24, 2.45) is 0 Å². The molecule has 0 saturated heterocycles. The summed E-state index contributed by atoms with van der Waals surface area (Å²) in [6.45, 7) is 0. The van der Waals surface area contributed by atoms with E-state index in [-0.39, 0.29) is 23.0 Å². The van der Waals surface area contributed by atoms with Gasteiger partial charge in [-0.25, -0.2) is 13.2 Å².